The first kappa shape index (κ1) is 9.73. The molecule has 76 valence electrons. The summed E-state index contributed by atoms with van der Waals surface area (Å²) in [6.07, 6.45) is 2.95. The maximum atomic E-state index is 5.89. The second-order valence-corrected chi connectivity index (χ2v) is 4.28. The number of nitrogens with zero attached hydrogens (tertiary/aromatic N) is 3. The van der Waals surface area contributed by atoms with Crippen LogP contribution >= 0.6 is 11.8 Å². The molecule has 2 rings (SSSR count). The van der Waals surface area contributed by atoms with Crippen LogP contribution in [0.3, 0.4) is 0 Å². The molecular formula is C9H14N4S. The van der Waals surface area contributed by atoms with Crippen LogP contribution < -0.4 is 5.73 Å². The molecule has 0 spiro atoms. The fraction of sp³-hybridized carbons (Fsp3) is 0.556. The number of nitrogen functional groups attached to an aromatic ring is 1. The van der Waals surface area contributed by atoms with Crippen LogP contribution in [0.4, 0.5) is 5.82 Å². The van der Waals surface area contributed by atoms with E-state index in [2.05, 4.69) is 21.9 Å². The molecule has 0 aliphatic carbocycles. The Morgan fingerprint density at radius 2 is 2.21 bits per heavy atom. The van der Waals surface area contributed by atoms with Crippen molar-refractivity contribution in [2.45, 2.75) is 18.1 Å². The Morgan fingerprint density at radius 1 is 1.43 bits per heavy atom. The van der Waals surface area contributed by atoms with E-state index in [9.17, 15) is 0 Å². The van der Waals surface area contributed by atoms with Gasteiger partial charge in [0.05, 0.1) is 5.69 Å². The lowest BCUT2D eigenvalue weighted by atomic mass is 10.1. The molecule has 0 aromatic carbocycles. The van der Waals surface area contributed by atoms with Gasteiger partial charge in [0.1, 0.15) is 5.82 Å². The molecule has 4 nitrogen and oxygen atoms in total. The van der Waals surface area contributed by atoms with E-state index < -0.39 is 0 Å². The lowest BCUT2D eigenvalue weighted by molar-refractivity contribution is 0.309. The Balaban J connectivity index is 2.43. The second kappa shape index (κ2) is 3.74. The molecule has 0 fully saturated rings. The highest BCUT2D eigenvalue weighted by Crippen LogP contribution is 2.23. The summed E-state index contributed by atoms with van der Waals surface area (Å²) in [6, 6.07) is 0. The number of hydrogen-bond acceptors (Lipinski definition) is 5. The van der Waals surface area contributed by atoms with Crippen molar-refractivity contribution in [2.75, 3.05) is 25.6 Å². The zero-order valence-electron chi connectivity index (χ0n) is 8.45. The van der Waals surface area contributed by atoms with Crippen molar-refractivity contribution >= 4 is 17.6 Å². The van der Waals surface area contributed by atoms with Gasteiger partial charge in [-0.3, -0.25) is 0 Å². The molecule has 1 aliphatic rings. The van der Waals surface area contributed by atoms with Crippen molar-refractivity contribution in [1.82, 2.24) is 14.9 Å². The number of anilines is 1. The van der Waals surface area contributed by atoms with Crippen molar-refractivity contribution in [2.24, 2.45) is 0 Å². The molecule has 0 unspecified atom stereocenters. The highest BCUT2D eigenvalue weighted by atomic mass is 32.2. The average Bonchev–Trinajstić information content (AvgIpc) is 2.19. The third-order valence-corrected chi connectivity index (χ3v) is 2.99. The molecule has 1 aromatic heterocycles. The molecular weight excluding hydrogens is 196 g/mol. The van der Waals surface area contributed by atoms with Gasteiger partial charge in [-0.25, -0.2) is 9.97 Å². The molecule has 5 heteroatoms. The van der Waals surface area contributed by atoms with Crippen molar-refractivity contribution in [3.63, 3.8) is 0 Å². The summed E-state index contributed by atoms with van der Waals surface area (Å²) in [5.74, 6) is 0.644. The molecule has 2 N–H and O–H groups in total. The van der Waals surface area contributed by atoms with E-state index in [1.54, 1.807) is 11.8 Å². The van der Waals surface area contributed by atoms with Crippen LogP contribution in [0.25, 0.3) is 0 Å². The van der Waals surface area contributed by atoms with Crippen molar-refractivity contribution in [1.29, 1.82) is 0 Å². The maximum absolute atomic E-state index is 5.89. The van der Waals surface area contributed by atoms with Crippen molar-refractivity contribution in [3.05, 3.63) is 11.3 Å². The Labute approximate surface area is 87.9 Å². The van der Waals surface area contributed by atoms with Crippen molar-refractivity contribution < 1.29 is 0 Å². The number of thioether (sulfide) groups is 1. The van der Waals surface area contributed by atoms with E-state index in [1.165, 1.54) is 0 Å². The Bertz CT molecular complexity index is 353. The van der Waals surface area contributed by atoms with Crippen LogP contribution in [0.2, 0.25) is 0 Å². The minimum Gasteiger partial charge on any atom is -0.383 e. The molecule has 0 amide bonds. The summed E-state index contributed by atoms with van der Waals surface area (Å²) in [7, 11) is 2.09. The fourth-order valence-electron chi connectivity index (χ4n) is 1.64. The summed E-state index contributed by atoms with van der Waals surface area (Å²) in [6.45, 7) is 1.92. The summed E-state index contributed by atoms with van der Waals surface area (Å²) in [5.41, 5.74) is 8.12. The highest BCUT2D eigenvalue weighted by Gasteiger charge is 2.18. The van der Waals surface area contributed by atoms with E-state index in [0.29, 0.717) is 5.82 Å². The van der Waals surface area contributed by atoms with E-state index >= 15 is 0 Å². The number of rotatable bonds is 1. The summed E-state index contributed by atoms with van der Waals surface area (Å²) in [5, 5.41) is 0.783. The molecule has 2 heterocycles. The van der Waals surface area contributed by atoms with Crippen LogP contribution in [0, 0.1) is 0 Å². The quantitative estimate of drug-likeness (QED) is 0.548. The minimum absolute atomic E-state index is 0.644. The highest BCUT2D eigenvalue weighted by molar-refractivity contribution is 7.98. The fourth-order valence-corrected chi connectivity index (χ4v) is 2.03. The molecule has 1 aromatic rings. The molecule has 0 atom stereocenters. The topological polar surface area (TPSA) is 55.0 Å². The van der Waals surface area contributed by atoms with Crippen LogP contribution in [0.5, 0.6) is 0 Å². The van der Waals surface area contributed by atoms with Crippen LogP contribution in [-0.4, -0.2) is 34.7 Å². The lowest BCUT2D eigenvalue weighted by Gasteiger charge is -2.24. The predicted molar refractivity (Wildman–Crippen MR) is 58.3 cm³/mol. The van der Waals surface area contributed by atoms with Gasteiger partial charge in [-0.05, 0) is 13.3 Å². The van der Waals surface area contributed by atoms with Crippen LogP contribution in [0.1, 0.15) is 11.3 Å². The summed E-state index contributed by atoms with van der Waals surface area (Å²) >= 11 is 1.54. The van der Waals surface area contributed by atoms with E-state index in [1.807, 2.05) is 6.26 Å². The average molecular weight is 210 g/mol. The maximum Gasteiger partial charge on any atom is 0.189 e. The summed E-state index contributed by atoms with van der Waals surface area (Å²) < 4.78 is 0. The number of fused-ring (bicyclic) bond motifs is 1. The third-order valence-electron chi connectivity index (χ3n) is 2.45. The number of nitrogens with two attached hydrogens (primary N) is 1. The van der Waals surface area contributed by atoms with E-state index in [0.717, 1.165) is 35.9 Å². The minimum atomic E-state index is 0.644. The zero-order valence-corrected chi connectivity index (χ0v) is 9.27. The van der Waals surface area contributed by atoms with Crippen LogP contribution in [0.15, 0.2) is 5.16 Å². The molecule has 0 bridgehead atoms. The predicted octanol–water partition coefficient (Wildman–Crippen LogP) is 0.769. The monoisotopic (exact) mass is 210 g/mol. The van der Waals surface area contributed by atoms with Gasteiger partial charge in [0.15, 0.2) is 5.16 Å². The molecule has 1 aliphatic heterocycles. The number of aromatic nitrogens is 2. The molecule has 14 heavy (non-hydrogen) atoms. The number of hydrogen-bond donors (Lipinski definition) is 1. The normalized spacial score (nSPS) is 16.7. The first-order valence-corrected chi connectivity index (χ1v) is 5.81. The van der Waals surface area contributed by atoms with Gasteiger partial charge in [-0.1, -0.05) is 11.8 Å². The first-order valence-electron chi connectivity index (χ1n) is 4.58. The van der Waals surface area contributed by atoms with Gasteiger partial charge in [-0.15, -0.1) is 0 Å². The van der Waals surface area contributed by atoms with Gasteiger partial charge in [-0.2, -0.15) is 0 Å². The lowest BCUT2D eigenvalue weighted by Crippen LogP contribution is -2.28. The second-order valence-electron chi connectivity index (χ2n) is 3.51. The van der Waals surface area contributed by atoms with E-state index in [4.69, 9.17) is 5.73 Å². The largest absolute Gasteiger partial charge is 0.383 e. The van der Waals surface area contributed by atoms with Crippen LogP contribution in [-0.2, 0) is 13.0 Å². The standard InChI is InChI=1S/C9H14N4S/c1-13-4-3-7-6(5-13)8(10)12-9(11-7)14-2/h3-5H2,1-2H3,(H2,10,11,12). The Hall–Kier alpha value is -0.810. The van der Waals surface area contributed by atoms with E-state index in [-0.39, 0.29) is 0 Å². The third kappa shape index (κ3) is 1.69. The van der Waals surface area contributed by atoms with Gasteiger partial charge in [0, 0.05) is 25.1 Å². The Kier molecular flexibility index (Phi) is 2.60. The van der Waals surface area contributed by atoms with Gasteiger partial charge < -0.3 is 10.6 Å². The first-order chi connectivity index (χ1) is 6.70. The van der Waals surface area contributed by atoms with Gasteiger partial charge in [0.2, 0.25) is 0 Å². The number of likely N-dealkylation sites (N-methyl/N-ethyl adjacent to an activating group) is 1. The summed E-state index contributed by atoms with van der Waals surface area (Å²) in [4.78, 5) is 11.0. The molecule has 0 radical (unpaired) electrons. The Morgan fingerprint density at radius 3 is 2.93 bits per heavy atom. The zero-order chi connectivity index (χ0) is 10.1. The SMILES string of the molecule is CSc1nc(N)c2c(n1)CCN(C)C2. The van der Waals surface area contributed by atoms with Gasteiger partial charge in [0.25, 0.3) is 0 Å². The smallest absolute Gasteiger partial charge is 0.189 e. The van der Waals surface area contributed by atoms with Crippen molar-refractivity contribution in [3.8, 4) is 0 Å². The molecule has 0 saturated carbocycles. The molecule has 0 saturated heterocycles. The van der Waals surface area contributed by atoms with Gasteiger partial charge >= 0.3 is 0 Å².